The molecule has 1 aromatic heterocycles. The van der Waals surface area contributed by atoms with Crippen LogP contribution in [0.5, 0.6) is 0 Å². The van der Waals surface area contributed by atoms with Crippen molar-refractivity contribution in [2.45, 2.75) is 108 Å². The Morgan fingerprint density at radius 2 is 1.84 bits per heavy atom. The fraction of sp³-hybridized carbons (Fsp3) is 0.704. The summed E-state index contributed by atoms with van der Waals surface area (Å²) in [5, 5.41) is 5.60. The number of sulfonamides is 1. The Bertz CT molecular complexity index is 1020. The average molecular weight is 535 g/mol. The van der Waals surface area contributed by atoms with Crippen LogP contribution in [0.3, 0.4) is 0 Å². The molecule has 2 aliphatic rings. The van der Waals surface area contributed by atoms with E-state index in [1.807, 2.05) is 13.8 Å². The third-order valence-corrected chi connectivity index (χ3v) is 9.33. The largest absolute Gasteiger partial charge is 0.344 e. The number of hydrogen-bond donors (Lipinski definition) is 2. The van der Waals surface area contributed by atoms with Crippen LogP contribution < -0.4 is 10.6 Å². The van der Waals surface area contributed by atoms with Crippen molar-refractivity contribution in [1.29, 1.82) is 0 Å². The molecular formula is C27H42N4O5S. The third kappa shape index (κ3) is 8.33. The molecule has 1 aliphatic carbocycles. The molecule has 2 fully saturated rings. The fourth-order valence-electron chi connectivity index (χ4n) is 5.28. The van der Waals surface area contributed by atoms with Crippen molar-refractivity contribution in [3.05, 3.63) is 24.4 Å². The summed E-state index contributed by atoms with van der Waals surface area (Å²) in [5.41, 5.74) is 0. The van der Waals surface area contributed by atoms with Crippen LogP contribution in [-0.2, 0) is 24.4 Å². The first kappa shape index (κ1) is 29.2. The number of ketones is 1. The summed E-state index contributed by atoms with van der Waals surface area (Å²) >= 11 is 0. The van der Waals surface area contributed by atoms with E-state index in [2.05, 4.69) is 15.6 Å². The van der Waals surface area contributed by atoms with E-state index in [1.165, 1.54) is 48.7 Å². The number of carbonyl (C=O) groups excluding carboxylic acids is 3. The number of pyridine rings is 1. The molecule has 9 nitrogen and oxygen atoms in total. The molecule has 10 heteroatoms. The van der Waals surface area contributed by atoms with Gasteiger partial charge in [-0.1, -0.05) is 52.0 Å². The van der Waals surface area contributed by atoms with E-state index in [1.54, 1.807) is 19.1 Å². The van der Waals surface area contributed by atoms with Gasteiger partial charge in [0.25, 0.3) is 10.0 Å². The molecule has 0 spiro atoms. The highest BCUT2D eigenvalue weighted by atomic mass is 32.2. The van der Waals surface area contributed by atoms with Crippen LogP contribution in [0.4, 0.5) is 0 Å². The molecule has 37 heavy (non-hydrogen) atoms. The second-order valence-electron chi connectivity index (χ2n) is 11.0. The zero-order chi connectivity index (χ0) is 27.0. The molecule has 0 bridgehead atoms. The lowest BCUT2D eigenvalue weighted by atomic mass is 9.86. The highest BCUT2D eigenvalue weighted by Crippen LogP contribution is 2.27. The minimum Gasteiger partial charge on any atom is -0.344 e. The minimum atomic E-state index is -3.95. The predicted molar refractivity (Wildman–Crippen MR) is 141 cm³/mol. The number of aromatic nitrogens is 1. The van der Waals surface area contributed by atoms with Gasteiger partial charge >= 0.3 is 0 Å². The van der Waals surface area contributed by atoms with Crippen molar-refractivity contribution in [2.75, 3.05) is 6.54 Å². The zero-order valence-electron chi connectivity index (χ0n) is 22.3. The maximum Gasteiger partial charge on any atom is 0.261 e. The molecular weight excluding hydrogens is 492 g/mol. The normalized spacial score (nSPS) is 22.9. The van der Waals surface area contributed by atoms with Gasteiger partial charge in [-0.25, -0.2) is 13.4 Å². The van der Waals surface area contributed by atoms with Crippen LogP contribution in [0.15, 0.2) is 29.4 Å². The Labute approximate surface area is 221 Å². The number of carbonyl (C=O) groups is 3. The number of nitrogens with one attached hydrogen (secondary N) is 2. The Morgan fingerprint density at radius 3 is 2.49 bits per heavy atom. The lowest BCUT2D eigenvalue weighted by Gasteiger charge is -2.25. The zero-order valence-corrected chi connectivity index (χ0v) is 23.1. The maximum atomic E-state index is 13.2. The third-order valence-electron chi connectivity index (χ3n) is 7.46. The number of hydrogen-bond acceptors (Lipinski definition) is 6. The van der Waals surface area contributed by atoms with Gasteiger partial charge in [0.2, 0.25) is 11.8 Å². The van der Waals surface area contributed by atoms with Gasteiger partial charge < -0.3 is 10.6 Å². The molecule has 1 saturated heterocycles. The molecule has 3 rings (SSSR count). The van der Waals surface area contributed by atoms with Crippen LogP contribution in [0.25, 0.3) is 0 Å². The summed E-state index contributed by atoms with van der Waals surface area (Å²) in [5.74, 6) is -0.165. The Morgan fingerprint density at radius 1 is 1.11 bits per heavy atom. The van der Waals surface area contributed by atoms with Crippen molar-refractivity contribution in [1.82, 2.24) is 19.9 Å². The maximum absolute atomic E-state index is 13.2. The average Bonchev–Trinajstić information content (AvgIpc) is 3.02. The number of nitrogens with zero attached hydrogens (tertiary/aromatic N) is 2. The van der Waals surface area contributed by atoms with Crippen LogP contribution in [0.1, 0.15) is 85.0 Å². The summed E-state index contributed by atoms with van der Waals surface area (Å²) in [6.07, 6.45) is 9.86. The molecule has 2 amide bonds. The minimum absolute atomic E-state index is 0.106. The summed E-state index contributed by atoms with van der Waals surface area (Å²) in [7, 11) is -3.95. The highest BCUT2D eigenvalue weighted by molar-refractivity contribution is 7.89. The van der Waals surface area contributed by atoms with E-state index in [9.17, 15) is 22.8 Å². The number of rotatable bonds is 10. The predicted octanol–water partition coefficient (Wildman–Crippen LogP) is 3.20. The molecule has 2 heterocycles. The summed E-state index contributed by atoms with van der Waals surface area (Å²) in [6, 6.07) is 2.65. The Hall–Kier alpha value is -2.33. The molecule has 1 aliphatic heterocycles. The van der Waals surface area contributed by atoms with E-state index < -0.39 is 34.1 Å². The first-order chi connectivity index (χ1) is 17.6. The van der Waals surface area contributed by atoms with Crippen molar-refractivity contribution in [3.63, 3.8) is 0 Å². The van der Waals surface area contributed by atoms with E-state index in [0.29, 0.717) is 31.6 Å². The highest BCUT2D eigenvalue weighted by Gasteiger charge is 2.38. The van der Waals surface area contributed by atoms with Crippen molar-refractivity contribution >= 4 is 27.6 Å². The quantitative estimate of drug-likeness (QED) is 0.475. The molecule has 1 unspecified atom stereocenters. The van der Waals surface area contributed by atoms with Crippen LogP contribution in [-0.4, -0.2) is 60.0 Å². The number of Topliss-reactive ketones (excluding diaryl/α,β-unsaturated/α-hetero) is 1. The van der Waals surface area contributed by atoms with Crippen molar-refractivity contribution in [3.8, 4) is 0 Å². The lowest BCUT2D eigenvalue weighted by molar-refractivity contribution is -0.132. The van der Waals surface area contributed by atoms with Gasteiger partial charge in [0.15, 0.2) is 10.8 Å². The molecule has 3 atom stereocenters. The first-order valence-electron chi connectivity index (χ1n) is 13.6. The van der Waals surface area contributed by atoms with Crippen LogP contribution in [0.2, 0.25) is 0 Å². The van der Waals surface area contributed by atoms with Crippen LogP contribution in [0, 0.1) is 11.8 Å². The van der Waals surface area contributed by atoms with Gasteiger partial charge in [-0.3, -0.25) is 14.4 Å². The first-order valence-corrected chi connectivity index (χ1v) is 15.1. The van der Waals surface area contributed by atoms with Gasteiger partial charge in [0.1, 0.15) is 6.04 Å². The Kier molecular flexibility index (Phi) is 10.6. The van der Waals surface area contributed by atoms with E-state index in [-0.39, 0.29) is 29.2 Å². The summed E-state index contributed by atoms with van der Waals surface area (Å²) in [4.78, 5) is 43.0. The molecule has 2 N–H and O–H groups in total. The van der Waals surface area contributed by atoms with Gasteiger partial charge in [0, 0.05) is 18.7 Å². The molecule has 0 aromatic carbocycles. The van der Waals surface area contributed by atoms with Crippen molar-refractivity contribution in [2.24, 2.45) is 11.8 Å². The molecule has 1 aromatic rings. The topological polar surface area (TPSA) is 126 Å². The summed E-state index contributed by atoms with van der Waals surface area (Å²) < 4.78 is 27.4. The molecule has 1 saturated carbocycles. The van der Waals surface area contributed by atoms with Crippen LogP contribution >= 0.6 is 0 Å². The van der Waals surface area contributed by atoms with E-state index in [0.717, 1.165) is 6.42 Å². The SMILES string of the molecule is CC(C)C[C@H](NC(=O)CCC1CCCCC1)C(=O)NC1CC[C@@H](C)N(S(=O)(=O)c2ccccn2)CC1=O. The number of amides is 2. The standard InChI is InChI=1S/C27H42N4O5S/c1-19(2)17-23(29-25(33)15-13-21-9-5-4-6-10-21)27(34)30-22-14-12-20(3)31(18-24(22)32)37(35,36)26-11-7-8-16-28-26/h7-8,11,16,19-23H,4-6,9-10,12-15,17-18H2,1-3H3,(H,29,33)(H,30,34)/t20-,22?,23+/m1/s1. The fourth-order valence-corrected chi connectivity index (χ4v) is 6.84. The Balaban J connectivity index is 1.62. The van der Waals surface area contributed by atoms with Gasteiger partial charge in [0.05, 0.1) is 12.6 Å². The lowest BCUT2D eigenvalue weighted by Crippen LogP contribution is -2.52. The molecule has 206 valence electrons. The second kappa shape index (κ2) is 13.5. The monoisotopic (exact) mass is 534 g/mol. The van der Waals surface area contributed by atoms with Crippen molar-refractivity contribution < 1.29 is 22.8 Å². The van der Waals surface area contributed by atoms with Gasteiger partial charge in [-0.15, -0.1) is 0 Å². The van der Waals surface area contributed by atoms with Gasteiger partial charge in [-0.2, -0.15) is 4.31 Å². The summed E-state index contributed by atoms with van der Waals surface area (Å²) in [6.45, 7) is 5.38. The smallest absolute Gasteiger partial charge is 0.261 e. The van der Waals surface area contributed by atoms with E-state index in [4.69, 9.17) is 0 Å². The van der Waals surface area contributed by atoms with Gasteiger partial charge in [-0.05, 0) is 56.6 Å². The second-order valence-corrected chi connectivity index (χ2v) is 12.8. The molecule has 0 radical (unpaired) electrons. The van der Waals surface area contributed by atoms with E-state index >= 15 is 0 Å².